The summed E-state index contributed by atoms with van der Waals surface area (Å²) < 4.78 is 9.22. The van der Waals surface area contributed by atoms with Gasteiger partial charge >= 0.3 is 11.9 Å². The average Bonchev–Trinajstić information content (AvgIpc) is 2.91. The molecule has 1 heterocycles. The van der Waals surface area contributed by atoms with Crippen molar-refractivity contribution in [3.05, 3.63) is 22.4 Å². The van der Waals surface area contributed by atoms with E-state index < -0.39 is 23.8 Å². The van der Waals surface area contributed by atoms with Crippen molar-refractivity contribution >= 4 is 29.6 Å². The summed E-state index contributed by atoms with van der Waals surface area (Å²) in [5.41, 5.74) is 0. The fourth-order valence-corrected chi connectivity index (χ4v) is 2.58. The highest BCUT2D eigenvalue weighted by atomic mass is 32.1. The summed E-state index contributed by atoms with van der Waals surface area (Å²) in [4.78, 5) is 34.9. The molecule has 6 heteroatoms. The zero-order valence-electron chi connectivity index (χ0n) is 10.1. The highest BCUT2D eigenvalue weighted by molar-refractivity contribution is 7.10. The molecule has 0 saturated carbocycles. The lowest BCUT2D eigenvalue weighted by molar-refractivity contribution is -0.159. The summed E-state index contributed by atoms with van der Waals surface area (Å²) in [7, 11) is 2.40. The van der Waals surface area contributed by atoms with Gasteiger partial charge in [-0.25, -0.2) is 0 Å². The van der Waals surface area contributed by atoms with Gasteiger partial charge in [-0.15, -0.1) is 11.3 Å². The molecule has 0 aliphatic carbocycles. The number of thiophene rings is 1. The number of aldehydes is 1. The van der Waals surface area contributed by atoms with Crippen molar-refractivity contribution in [2.24, 2.45) is 5.92 Å². The Morgan fingerprint density at radius 1 is 1.33 bits per heavy atom. The maximum absolute atomic E-state index is 11.7. The van der Waals surface area contributed by atoms with Crippen LogP contribution in [0.4, 0.5) is 0 Å². The molecule has 0 aliphatic heterocycles. The molecule has 0 bridgehead atoms. The molecule has 1 aromatic heterocycles. The molecule has 0 unspecified atom stereocenters. The summed E-state index contributed by atoms with van der Waals surface area (Å²) in [6.07, 6.45) is 0.749. The van der Waals surface area contributed by atoms with Gasteiger partial charge in [-0.1, -0.05) is 6.07 Å². The molecule has 0 aliphatic rings. The maximum atomic E-state index is 11.7. The van der Waals surface area contributed by atoms with E-state index in [2.05, 4.69) is 9.47 Å². The summed E-state index contributed by atoms with van der Waals surface area (Å²) in [6.45, 7) is 0. The van der Waals surface area contributed by atoms with Gasteiger partial charge in [0.2, 0.25) is 0 Å². The predicted molar refractivity (Wildman–Crippen MR) is 65.3 cm³/mol. The fraction of sp³-hybridized carbons (Fsp3) is 0.417. The molecule has 18 heavy (non-hydrogen) atoms. The summed E-state index contributed by atoms with van der Waals surface area (Å²) >= 11 is 1.38. The Labute approximate surface area is 109 Å². The van der Waals surface area contributed by atoms with E-state index in [0.29, 0.717) is 6.29 Å². The Hall–Kier alpha value is -1.69. The first kappa shape index (κ1) is 14.4. The minimum Gasteiger partial charge on any atom is -0.468 e. The average molecular weight is 270 g/mol. The van der Waals surface area contributed by atoms with Crippen LogP contribution in [0.5, 0.6) is 0 Å². The standard InChI is InChI=1S/C12H14O5S/c1-16-11(14)10(12(15)17-2)8(5-6-13)9-4-3-7-18-9/h3-4,6-8,10H,5H2,1-2H3/t8-/m0/s1. The maximum Gasteiger partial charge on any atom is 0.320 e. The van der Waals surface area contributed by atoms with Crippen molar-refractivity contribution in [2.75, 3.05) is 14.2 Å². The third-order valence-electron chi connectivity index (χ3n) is 2.57. The van der Waals surface area contributed by atoms with Crippen LogP contribution in [0.2, 0.25) is 0 Å². The second-order valence-corrected chi connectivity index (χ2v) is 4.53. The lowest BCUT2D eigenvalue weighted by Crippen LogP contribution is -2.32. The van der Waals surface area contributed by atoms with Gasteiger partial charge in [0.1, 0.15) is 6.29 Å². The van der Waals surface area contributed by atoms with E-state index in [-0.39, 0.29) is 6.42 Å². The molecule has 0 amide bonds. The molecule has 0 spiro atoms. The lowest BCUT2D eigenvalue weighted by Gasteiger charge is -2.20. The number of esters is 2. The highest BCUT2D eigenvalue weighted by Gasteiger charge is 2.38. The van der Waals surface area contributed by atoms with E-state index in [4.69, 9.17) is 0 Å². The predicted octanol–water partition coefficient (Wildman–Crippen LogP) is 1.38. The van der Waals surface area contributed by atoms with Gasteiger partial charge < -0.3 is 14.3 Å². The van der Waals surface area contributed by atoms with Crippen molar-refractivity contribution in [3.8, 4) is 0 Å². The first-order valence-corrected chi connectivity index (χ1v) is 6.16. The molecule has 1 rings (SSSR count). The van der Waals surface area contributed by atoms with Gasteiger partial charge in [0.25, 0.3) is 0 Å². The number of hydrogen-bond acceptors (Lipinski definition) is 6. The van der Waals surface area contributed by atoms with Gasteiger partial charge in [-0.2, -0.15) is 0 Å². The Morgan fingerprint density at radius 3 is 2.33 bits per heavy atom. The molecule has 0 radical (unpaired) electrons. The zero-order chi connectivity index (χ0) is 13.5. The Balaban J connectivity index is 3.08. The second-order valence-electron chi connectivity index (χ2n) is 3.55. The van der Waals surface area contributed by atoms with Crippen LogP contribution in [0.25, 0.3) is 0 Å². The second kappa shape index (κ2) is 6.90. The topological polar surface area (TPSA) is 69.7 Å². The zero-order valence-corrected chi connectivity index (χ0v) is 10.9. The first-order chi connectivity index (χ1) is 8.65. The molecular formula is C12H14O5S. The monoisotopic (exact) mass is 270 g/mol. The number of carbonyl (C=O) groups excluding carboxylic acids is 3. The van der Waals surface area contributed by atoms with Crippen molar-refractivity contribution < 1.29 is 23.9 Å². The largest absolute Gasteiger partial charge is 0.468 e. The molecular weight excluding hydrogens is 256 g/mol. The van der Waals surface area contributed by atoms with E-state index in [0.717, 1.165) is 4.88 Å². The Morgan fingerprint density at radius 2 is 1.94 bits per heavy atom. The van der Waals surface area contributed by atoms with Crippen LogP contribution >= 0.6 is 11.3 Å². The molecule has 1 aromatic rings. The molecule has 0 N–H and O–H groups in total. The first-order valence-electron chi connectivity index (χ1n) is 5.28. The van der Waals surface area contributed by atoms with Crippen molar-refractivity contribution in [2.45, 2.75) is 12.3 Å². The molecule has 0 aromatic carbocycles. The summed E-state index contributed by atoms with van der Waals surface area (Å²) in [6, 6.07) is 3.57. The third-order valence-corrected chi connectivity index (χ3v) is 3.58. The van der Waals surface area contributed by atoms with E-state index in [1.54, 1.807) is 12.1 Å². The fourth-order valence-electron chi connectivity index (χ4n) is 1.70. The number of rotatable bonds is 6. The quantitative estimate of drug-likeness (QED) is 0.444. The van der Waals surface area contributed by atoms with Crippen molar-refractivity contribution in [1.29, 1.82) is 0 Å². The Bertz CT molecular complexity index is 396. The van der Waals surface area contributed by atoms with Gasteiger partial charge in [0, 0.05) is 17.2 Å². The van der Waals surface area contributed by atoms with Crippen LogP contribution < -0.4 is 0 Å². The lowest BCUT2D eigenvalue weighted by atomic mass is 9.88. The number of methoxy groups -OCH3 is 2. The number of carbonyl (C=O) groups is 3. The number of ether oxygens (including phenoxy) is 2. The van der Waals surface area contributed by atoms with E-state index in [9.17, 15) is 14.4 Å². The van der Waals surface area contributed by atoms with Crippen LogP contribution in [0, 0.1) is 5.92 Å². The van der Waals surface area contributed by atoms with Crippen LogP contribution in [-0.4, -0.2) is 32.4 Å². The Kier molecular flexibility index (Phi) is 5.51. The van der Waals surface area contributed by atoms with Crippen molar-refractivity contribution in [3.63, 3.8) is 0 Å². The third kappa shape index (κ3) is 3.16. The van der Waals surface area contributed by atoms with Crippen molar-refractivity contribution in [1.82, 2.24) is 0 Å². The van der Waals surface area contributed by atoms with Gasteiger partial charge in [0.05, 0.1) is 14.2 Å². The highest BCUT2D eigenvalue weighted by Crippen LogP contribution is 2.32. The molecule has 1 atom stereocenters. The SMILES string of the molecule is COC(=O)C(C(=O)OC)[C@@H](CC=O)c1cccs1. The van der Waals surface area contributed by atoms with E-state index in [1.807, 2.05) is 5.38 Å². The smallest absolute Gasteiger partial charge is 0.320 e. The van der Waals surface area contributed by atoms with Gasteiger partial charge in [-0.05, 0) is 11.4 Å². The van der Waals surface area contributed by atoms with Crippen LogP contribution in [0.3, 0.4) is 0 Å². The van der Waals surface area contributed by atoms with Crippen LogP contribution in [0.1, 0.15) is 17.2 Å². The normalized spacial score (nSPS) is 11.9. The minimum absolute atomic E-state index is 0.0649. The van der Waals surface area contributed by atoms with Crippen LogP contribution in [0.15, 0.2) is 17.5 Å². The number of hydrogen-bond donors (Lipinski definition) is 0. The molecule has 0 fully saturated rings. The minimum atomic E-state index is -1.11. The van der Waals surface area contributed by atoms with E-state index in [1.165, 1.54) is 25.6 Å². The summed E-state index contributed by atoms with van der Waals surface area (Å²) in [5.74, 6) is -3.03. The molecule has 0 saturated heterocycles. The van der Waals surface area contributed by atoms with Crippen LogP contribution in [-0.2, 0) is 23.9 Å². The van der Waals surface area contributed by atoms with Gasteiger partial charge in [0.15, 0.2) is 5.92 Å². The summed E-state index contributed by atoms with van der Waals surface area (Å²) in [5, 5.41) is 1.82. The molecule has 98 valence electrons. The van der Waals surface area contributed by atoms with Gasteiger partial charge in [-0.3, -0.25) is 9.59 Å². The molecule has 5 nitrogen and oxygen atoms in total. The van der Waals surface area contributed by atoms with E-state index >= 15 is 0 Å².